The van der Waals surface area contributed by atoms with Crippen LogP contribution in [-0.2, 0) is 4.57 Å². The lowest BCUT2D eigenvalue weighted by atomic mass is 10.4. The van der Waals surface area contributed by atoms with Crippen molar-refractivity contribution in [2.45, 2.75) is 0 Å². The van der Waals surface area contributed by atoms with Gasteiger partial charge in [-0.05, 0) is 12.2 Å². The van der Waals surface area contributed by atoms with E-state index >= 15 is 0 Å². The van der Waals surface area contributed by atoms with E-state index in [0.717, 1.165) is 17.6 Å². The molecule has 0 rings (SSSR count). The van der Waals surface area contributed by atoms with Crippen molar-refractivity contribution in [3.05, 3.63) is 25.3 Å². The lowest BCUT2D eigenvalue weighted by Crippen LogP contribution is -2.39. The Bertz CT molecular complexity index is 164. The molecule has 0 aliphatic heterocycles. The Labute approximate surface area is 80.4 Å². The number of quaternary nitrogens is 1. The molecule has 0 radical (unpaired) electrons. The number of hydrogen-bond acceptors (Lipinski definition) is 1. The Morgan fingerprint density at radius 3 is 1.62 bits per heavy atom. The molecule has 0 saturated heterocycles. The van der Waals surface area contributed by atoms with E-state index in [1.54, 1.807) is 0 Å². The Kier molecular flexibility index (Phi) is 9.29. The van der Waals surface area contributed by atoms with Gasteiger partial charge in [0.1, 0.15) is 0 Å². The monoisotopic (exact) mass is 207 g/mol. The van der Waals surface area contributed by atoms with Gasteiger partial charge in [-0.15, -0.1) is 9.79 Å². The lowest BCUT2D eigenvalue weighted by Gasteiger charge is -2.26. The summed E-state index contributed by atoms with van der Waals surface area (Å²) in [7, 11) is 1.44. The van der Waals surface area contributed by atoms with Crippen LogP contribution in [0.15, 0.2) is 25.3 Å². The zero-order chi connectivity index (χ0) is 10.9. The molecule has 5 heteroatoms. The smallest absolute Gasteiger partial charge is 0.322 e. The molecule has 2 N–H and O–H groups in total. The molecule has 0 fully saturated rings. The quantitative estimate of drug-likeness (QED) is 0.412. The predicted molar refractivity (Wildman–Crippen MR) is 54.3 cm³/mol. The predicted octanol–water partition coefficient (Wildman–Crippen LogP) is 1.06. The number of likely N-dealkylation sites (N-methyl/N-ethyl adjacent to an activating group) is 1. The minimum Gasteiger partial charge on any atom is -0.322 e. The van der Waals surface area contributed by atoms with Gasteiger partial charge in [0.25, 0.3) is 0 Å². The van der Waals surface area contributed by atoms with Crippen molar-refractivity contribution in [3.63, 3.8) is 0 Å². The first-order valence-electron chi connectivity index (χ1n) is 3.74. The third-order valence-electron chi connectivity index (χ3n) is 1.25. The highest BCUT2D eigenvalue weighted by atomic mass is 31.1. The molecular weight excluding hydrogens is 189 g/mol. The average molecular weight is 207 g/mol. The molecule has 0 aliphatic carbocycles. The summed E-state index contributed by atoms with van der Waals surface area (Å²) in [5, 5.41) is 0. The van der Waals surface area contributed by atoms with Crippen LogP contribution in [0.2, 0.25) is 0 Å². The number of hydrogen-bond donors (Lipinski definition) is 2. The van der Waals surface area contributed by atoms with Crippen LogP contribution in [0.25, 0.3) is 0 Å². The summed E-state index contributed by atoms with van der Waals surface area (Å²) in [6, 6.07) is 0. The Hall–Kier alpha value is -0.540. The van der Waals surface area contributed by atoms with Crippen LogP contribution in [0.1, 0.15) is 0 Å². The zero-order valence-electron chi connectivity index (χ0n) is 8.18. The van der Waals surface area contributed by atoms with Crippen molar-refractivity contribution < 1.29 is 18.8 Å². The van der Waals surface area contributed by atoms with Crippen LogP contribution in [0.4, 0.5) is 0 Å². The van der Waals surface area contributed by atoms with Gasteiger partial charge in [-0.25, -0.2) is 0 Å². The van der Waals surface area contributed by atoms with E-state index in [0.29, 0.717) is 0 Å². The molecule has 0 amide bonds. The van der Waals surface area contributed by atoms with Gasteiger partial charge >= 0.3 is 8.25 Å². The van der Waals surface area contributed by atoms with E-state index in [1.807, 2.05) is 12.2 Å². The summed E-state index contributed by atoms with van der Waals surface area (Å²) < 4.78 is 9.66. The minimum atomic E-state index is -2.87. The Morgan fingerprint density at radius 1 is 1.23 bits per heavy atom. The summed E-state index contributed by atoms with van der Waals surface area (Å²) in [5.41, 5.74) is 0. The van der Waals surface area contributed by atoms with Crippen molar-refractivity contribution in [1.29, 1.82) is 0 Å². The molecule has 0 aromatic heterocycles. The van der Waals surface area contributed by atoms with Crippen molar-refractivity contribution in [1.82, 2.24) is 0 Å². The summed E-state index contributed by atoms with van der Waals surface area (Å²) >= 11 is 0. The Morgan fingerprint density at radius 2 is 1.46 bits per heavy atom. The standard InChI is InChI=1S/C8H16N.HO3P/c1-5-7-9(3,4)8-6-2;1-4(2)3/h5-6H,1-2,7-8H2,3-4H3;(H-,1,2,3)/q+1;/p+1. The molecule has 0 aromatic carbocycles. The first kappa shape index (κ1) is 15.0. The Balaban J connectivity index is 0. The highest BCUT2D eigenvalue weighted by molar-refractivity contribution is 7.30. The molecular formula is C8H18NO3P+2. The van der Waals surface area contributed by atoms with E-state index in [-0.39, 0.29) is 0 Å². The van der Waals surface area contributed by atoms with Crippen molar-refractivity contribution >= 4 is 8.25 Å². The summed E-state index contributed by atoms with van der Waals surface area (Å²) in [6.45, 7) is 9.37. The zero-order valence-corrected chi connectivity index (χ0v) is 9.07. The summed E-state index contributed by atoms with van der Waals surface area (Å²) in [4.78, 5) is 14.2. The van der Waals surface area contributed by atoms with Gasteiger partial charge in [0, 0.05) is 4.57 Å². The topological polar surface area (TPSA) is 57.5 Å². The fraction of sp³-hybridized carbons (Fsp3) is 0.500. The van der Waals surface area contributed by atoms with Gasteiger partial charge in [-0.2, -0.15) is 0 Å². The fourth-order valence-electron chi connectivity index (χ4n) is 0.774. The van der Waals surface area contributed by atoms with Gasteiger partial charge < -0.3 is 4.48 Å². The van der Waals surface area contributed by atoms with Crippen molar-refractivity contribution in [3.8, 4) is 0 Å². The largest absolute Gasteiger partial charge is 0.692 e. The molecule has 0 heterocycles. The molecule has 76 valence electrons. The van der Waals surface area contributed by atoms with Crippen LogP contribution in [0.3, 0.4) is 0 Å². The SMILES string of the molecule is C=CC[N+](C)(C)CC=C.O=[P+](O)O. The second-order valence-corrected chi connectivity index (χ2v) is 3.64. The molecule has 13 heavy (non-hydrogen) atoms. The lowest BCUT2D eigenvalue weighted by molar-refractivity contribution is -0.878. The molecule has 0 bridgehead atoms. The van der Waals surface area contributed by atoms with Gasteiger partial charge in [0.15, 0.2) is 0 Å². The third-order valence-corrected chi connectivity index (χ3v) is 1.25. The van der Waals surface area contributed by atoms with E-state index in [4.69, 9.17) is 14.4 Å². The molecule has 4 nitrogen and oxygen atoms in total. The third kappa shape index (κ3) is 18.4. The normalized spacial score (nSPS) is 9.54. The van der Waals surface area contributed by atoms with Gasteiger partial charge in [0.2, 0.25) is 0 Å². The minimum absolute atomic E-state index is 0.951. The molecule has 0 aromatic rings. The molecule has 0 aliphatic rings. The van der Waals surface area contributed by atoms with E-state index in [9.17, 15) is 0 Å². The van der Waals surface area contributed by atoms with Crippen LogP contribution in [0, 0.1) is 0 Å². The maximum Gasteiger partial charge on any atom is 0.692 e. The number of rotatable bonds is 4. The van der Waals surface area contributed by atoms with Crippen LogP contribution in [0.5, 0.6) is 0 Å². The highest BCUT2D eigenvalue weighted by Gasteiger charge is 2.07. The van der Waals surface area contributed by atoms with Crippen LogP contribution >= 0.6 is 8.25 Å². The molecule has 0 atom stereocenters. The summed E-state index contributed by atoms with van der Waals surface area (Å²) in [6.07, 6.45) is 3.87. The number of nitrogens with zero attached hydrogens (tertiary/aromatic N) is 1. The van der Waals surface area contributed by atoms with E-state index < -0.39 is 8.25 Å². The maximum atomic E-state index is 8.70. The van der Waals surface area contributed by atoms with Gasteiger partial charge in [0.05, 0.1) is 27.2 Å². The fourth-order valence-corrected chi connectivity index (χ4v) is 0.774. The molecule has 0 saturated carbocycles. The van der Waals surface area contributed by atoms with Gasteiger partial charge in [-0.1, -0.05) is 13.2 Å². The first-order chi connectivity index (χ1) is 5.85. The van der Waals surface area contributed by atoms with E-state index in [1.165, 1.54) is 0 Å². The van der Waals surface area contributed by atoms with Crippen LogP contribution < -0.4 is 0 Å². The molecule has 0 spiro atoms. The van der Waals surface area contributed by atoms with Crippen LogP contribution in [-0.4, -0.2) is 41.5 Å². The van der Waals surface area contributed by atoms with Gasteiger partial charge in [-0.3, -0.25) is 0 Å². The molecule has 0 unspecified atom stereocenters. The van der Waals surface area contributed by atoms with E-state index in [2.05, 4.69) is 27.3 Å². The second kappa shape index (κ2) is 8.08. The highest BCUT2D eigenvalue weighted by Crippen LogP contribution is 1.98. The van der Waals surface area contributed by atoms with Crippen molar-refractivity contribution in [2.24, 2.45) is 0 Å². The second-order valence-electron chi connectivity index (χ2n) is 3.13. The first-order valence-corrected chi connectivity index (χ1v) is 4.91. The maximum absolute atomic E-state index is 8.70. The van der Waals surface area contributed by atoms with Crippen molar-refractivity contribution in [2.75, 3.05) is 27.2 Å². The summed E-state index contributed by atoms with van der Waals surface area (Å²) in [5.74, 6) is 0. The average Bonchev–Trinajstić information content (AvgIpc) is 1.84.